The minimum Gasteiger partial charge on any atom is -0.490 e. The maximum Gasteiger partial charge on any atom is 0.201 e. The molecule has 1 saturated carbocycles. The van der Waals surface area contributed by atoms with Crippen LogP contribution in [-0.4, -0.2) is 16.6 Å². The zero-order valence-electron chi connectivity index (χ0n) is 14.1. The van der Waals surface area contributed by atoms with E-state index in [4.69, 9.17) is 4.74 Å². The number of hydrogen-bond acceptors (Lipinski definition) is 3. The molecular formula is C19H22F2N2O. The molecule has 1 aliphatic carbocycles. The first-order chi connectivity index (χ1) is 11.5. The van der Waals surface area contributed by atoms with Crippen molar-refractivity contribution in [2.24, 2.45) is 11.8 Å². The van der Waals surface area contributed by atoms with Crippen LogP contribution in [0.5, 0.6) is 5.75 Å². The highest BCUT2D eigenvalue weighted by Crippen LogP contribution is 2.31. The molecule has 0 bridgehead atoms. The van der Waals surface area contributed by atoms with E-state index in [1.807, 2.05) is 6.92 Å². The van der Waals surface area contributed by atoms with Crippen molar-refractivity contribution >= 4 is 0 Å². The van der Waals surface area contributed by atoms with Gasteiger partial charge >= 0.3 is 0 Å². The van der Waals surface area contributed by atoms with Crippen LogP contribution >= 0.6 is 0 Å². The Morgan fingerprint density at radius 2 is 1.71 bits per heavy atom. The number of ether oxygens (including phenoxy) is 1. The van der Waals surface area contributed by atoms with E-state index in [0.717, 1.165) is 24.3 Å². The van der Waals surface area contributed by atoms with Crippen LogP contribution < -0.4 is 4.74 Å². The second-order valence-electron chi connectivity index (χ2n) is 6.76. The molecule has 0 N–H and O–H groups in total. The Kier molecular flexibility index (Phi) is 5.07. The van der Waals surface area contributed by atoms with Crippen molar-refractivity contribution in [1.82, 2.24) is 9.97 Å². The van der Waals surface area contributed by atoms with E-state index in [0.29, 0.717) is 12.5 Å². The van der Waals surface area contributed by atoms with Gasteiger partial charge in [-0.05, 0) is 49.3 Å². The van der Waals surface area contributed by atoms with Gasteiger partial charge in [0.2, 0.25) is 5.82 Å². The standard InChI is InChI=1S/C19H22F2N2O/c1-12-3-5-14(6-4-12)11-24-16-8-7-15(17(20)18(16)21)19-22-9-13(2)10-23-19/h7-10,12,14H,3-6,11H2,1-2H3. The lowest BCUT2D eigenvalue weighted by atomic mass is 9.83. The molecule has 24 heavy (non-hydrogen) atoms. The van der Waals surface area contributed by atoms with Gasteiger partial charge in [0, 0.05) is 12.4 Å². The topological polar surface area (TPSA) is 35.0 Å². The summed E-state index contributed by atoms with van der Waals surface area (Å²) in [4.78, 5) is 8.10. The molecule has 128 valence electrons. The summed E-state index contributed by atoms with van der Waals surface area (Å²) in [5.41, 5.74) is 0.910. The summed E-state index contributed by atoms with van der Waals surface area (Å²) in [6.45, 7) is 4.52. The van der Waals surface area contributed by atoms with Gasteiger partial charge in [-0.25, -0.2) is 14.4 Å². The molecule has 1 heterocycles. The fourth-order valence-electron chi connectivity index (χ4n) is 3.05. The first kappa shape index (κ1) is 16.8. The summed E-state index contributed by atoms with van der Waals surface area (Å²) in [5.74, 6) is -0.630. The molecule has 0 unspecified atom stereocenters. The number of aromatic nitrogens is 2. The minimum absolute atomic E-state index is 0.0398. The largest absolute Gasteiger partial charge is 0.490 e. The predicted molar refractivity (Wildman–Crippen MR) is 88.7 cm³/mol. The van der Waals surface area contributed by atoms with E-state index in [1.54, 1.807) is 12.4 Å². The van der Waals surface area contributed by atoms with Crippen molar-refractivity contribution in [2.45, 2.75) is 39.5 Å². The Bertz CT molecular complexity index is 695. The van der Waals surface area contributed by atoms with E-state index >= 15 is 0 Å². The molecule has 3 nitrogen and oxygen atoms in total. The Balaban J connectivity index is 1.71. The summed E-state index contributed by atoms with van der Waals surface area (Å²) in [5, 5.41) is 0. The smallest absolute Gasteiger partial charge is 0.201 e. The molecule has 1 fully saturated rings. The second kappa shape index (κ2) is 7.24. The molecule has 3 rings (SSSR count). The van der Waals surface area contributed by atoms with Crippen LogP contribution in [0.4, 0.5) is 8.78 Å². The summed E-state index contributed by atoms with van der Waals surface area (Å²) in [7, 11) is 0. The van der Waals surface area contributed by atoms with Crippen molar-refractivity contribution in [3.8, 4) is 17.1 Å². The molecule has 0 atom stereocenters. The lowest BCUT2D eigenvalue weighted by Crippen LogP contribution is -2.19. The lowest BCUT2D eigenvalue weighted by Gasteiger charge is -2.26. The van der Waals surface area contributed by atoms with Gasteiger partial charge in [0.1, 0.15) is 0 Å². The molecule has 1 aromatic heterocycles. The highest BCUT2D eigenvalue weighted by Gasteiger charge is 2.21. The molecule has 0 saturated heterocycles. The van der Waals surface area contributed by atoms with Crippen LogP contribution in [-0.2, 0) is 0 Å². The predicted octanol–water partition coefficient (Wildman–Crippen LogP) is 4.94. The zero-order valence-corrected chi connectivity index (χ0v) is 14.1. The SMILES string of the molecule is Cc1cnc(-c2ccc(OCC3CCC(C)CC3)c(F)c2F)nc1. The molecular weight excluding hydrogens is 310 g/mol. The fourth-order valence-corrected chi connectivity index (χ4v) is 3.05. The van der Waals surface area contributed by atoms with Gasteiger partial charge in [0.05, 0.1) is 12.2 Å². The van der Waals surface area contributed by atoms with Crippen molar-refractivity contribution < 1.29 is 13.5 Å². The normalized spacial score (nSPS) is 20.8. The number of nitrogens with zero attached hydrogens (tertiary/aromatic N) is 2. The molecule has 0 aliphatic heterocycles. The third-order valence-electron chi connectivity index (χ3n) is 4.68. The highest BCUT2D eigenvalue weighted by atomic mass is 19.2. The van der Waals surface area contributed by atoms with Crippen LogP contribution in [0, 0.1) is 30.4 Å². The van der Waals surface area contributed by atoms with Crippen LogP contribution in [0.3, 0.4) is 0 Å². The molecule has 0 radical (unpaired) electrons. The number of hydrogen-bond donors (Lipinski definition) is 0. The Labute approximate surface area is 141 Å². The van der Waals surface area contributed by atoms with E-state index in [2.05, 4.69) is 16.9 Å². The van der Waals surface area contributed by atoms with Gasteiger partial charge in [-0.2, -0.15) is 4.39 Å². The first-order valence-electron chi connectivity index (χ1n) is 8.44. The Hall–Kier alpha value is -2.04. The maximum absolute atomic E-state index is 14.3. The van der Waals surface area contributed by atoms with Gasteiger partial charge < -0.3 is 4.74 Å². The second-order valence-corrected chi connectivity index (χ2v) is 6.76. The number of aryl methyl sites for hydroxylation is 1. The molecule has 0 amide bonds. The monoisotopic (exact) mass is 332 g/mol. The van der Waals surface area contributed by atoms with Crippen LogP contribution in [0.1, 0.15) is 38.2 Å². The first-order valence-corrected chi connectivity index (χ1v) is 8.44. The molecule has 2 aromatic rings. The molecule has 1 aromatic carbocycles. The fraction of sp³-hybridized carbons (Fsp3) is 0.474. The van der Waals surface area contributed by atoms with Gasteiger partial charge in [0.15, 0.2) is 17.4 Å². The third kappa shape index (κ3) is 3.71. The number of benzene rings is 1. The van der Waals surface area contributed by atoms with E-state index in [9.17, 15) is 8.78 Å². The van der Waals surface area contributed by atoms with Crippen molar-refractivity contribution in [3.63, 3.8) is 0 Å². The molecule has 0 spiro atoms. The van der Waals surface area contributed by atoms with Gasteiger partial charge in [-0.1, -0.05) is 19.8 Å². The average Bonchev–Trinajstić information content (AvgIpc) is 2.59. The van der Waals surface area contributed by atoms with Crippen LogP contribution in [0.25, 0.3) is 11.4 Å². The van der Waals surface area contributed by atoms with Gasteiger partial charge in [0.25, 0.3) is 0 Å². The third-order valence-corrected chi connectivity index (χ3v) is 4.68. The average molecular weight is 332 g/mol. The summed E-state index contributed by atoms with van der Waals surface area (Å²) >= 11 is 0. The Morgan fingerprint density at radius 1 is 1.04 bits per heavy atom. The van der Waals surface area contributed by atoms with E-state index in [1.165, 1.54) is 25.0 Å². The summed E-state index contributed by atoms with van der Waals surface area (Å²) < 4.78 is 34.2. The maximum atomic E-state index is 14.3. The highest BCUT2D eigenvalue weighted by molar-refractivity contribution is 5.57. The van der Waals surface area contributed by atoms with E-state index < -0.39 is 11.6 Å². The quantitative estimate of drug-likeness (QED) is 0.796. The molecule has 5 heteroatoms. The zero-order chi connectivity index (χ0) is 17.1. The molecule has 1 aliphatic rings. The number of rotatable bonds is 4. The lowest BCUT2D eigenvalue weighted by molar-refractivity contribution is 0.182. The van der Waals surface area contributed by atoms with Gasteiger partial charge in [-0.3, -0.25) is 0 Å². The number of halogens is 2. The minimum atomic E-state index is -0.971. The van der Waals surface area contributed by atoms with Crippen molar-refractivity contribution in [1.29, 1.82) is 0 Å². The van der Waals surface area contributed by atoms with E-state index in [-0.39, 0.29) is 17.1 Å². The van der Waals surface area contributed by atoms with Crippen LogP contribution in [0.2, 0.25) is 0 Å². The van der Waals surface area contributed by atoms with Crippen molar-refractivity contribution in [3.05, 3.63) is 41.7 Å². The van der Waals surface area contributed by atoms with Crippen molar-refractivity contribution in [2.75, 3.05) is 6.61 Å². The van der Waals surface area contributed by atoms with Gasteiger partial charge in [-0.15, -0.1) is 0 Å². The van der Waals surface area contributed by atoms with Crippen LogP contribution in [0.15, 0.2) is 24.5 Å². The summed E-state index contributed by atoms with van der Waals surface area (Å²) in [6, 6.07) is 2.93. The Morgan fingerprint density at radius 3 is 2.38 bits per heavy atom. The summed E-state index contributed by atoms with van der Waals surface area (Å²) in [6.07, 6.45) is 7.67.